The van der Waals surface area contributed by atoms with Crippen molar-refractivity contribution in [1.82, 2.24) is 9.97 Å². The largest absolute Gasteiger partial charge is 0.497 e. The molecular weight excluding hydrogens is 355 g/mol. The van der Waals surface area contributed by atoms with Crippen molar-refractivity contribution in [3.8, 4) is 17.1 Å². The highest BCUT2D eigenvalue weighted by Crippen LogP contribution is 2.19. The predicted molar refractivity (Wildman–Crippen MR) is 83.6 cm³/mol. The number of nitrogens with zero attached hydrogens (tertiary/aromatic N) is 1. The fourth-order valence-electron chi connectivity index (χ4n) is 1.79. The van der Waals surface area contributed by atoms with E-state index >= 15 is 0 Å². The summed E-state index contributed by atoms with van der Waals surface area (Å²) in [4.78, 5) is 19.3. The normalized spacial score (nSPS) is 10.5. The van der Waals surface area contributed by atoms with Crippen LogP contribution in [-0.4, -0.2) is 17.1 Å². The number of halogens is 1. The predicted octanol–water partition coefficient (Wildman–Crippen LogP) is 3.00. The van der Waals surface area contributed by atoms with Crippen molar-refractivity contribution in [2.45, 2.75) is 19.8 Å². The summed E-state index contributed by atoms with van der Waals surface area (Å²) in [6.07, 6.45) is 1.78. The van der Waals surface area contributed by atoms with Crippen LogP contribution in [0.15, 0.2) is 29.1 Å². The molecule has 1 heterocycles. The van der Waals surface area contributed by atoms with E-state index in [1.807, 2.05) is 46.9 Å². The summed E-state index contributed by atoms with van der Waals surface area (Å²) in [6, 6.07) is 7.49. The summed E-state index contributed by atoms with van der Waals surface area (Å²) in [5.74, 6) is 1.39. The van der Waals surface area contributed by atoms with Crippen LogP contribution in [0.5, 0.6) is 5.75 Å². The first kappa shape index (κ1) is 14.0. The molecule has 0 bridgehead atoms. The van der Waals surface area contributed by atoms with Crippen LogP contribution >= 0.6 is 22.6 Å². The zero-order valence-electron chi connectivity index (χ0n) is 10.9. The average molecular weight is 370 g/mol. The molecule has 0 aliphatic rings. The summed E-state index contributed by atoms with van der Waals surface area (Å²) in [5.41, 5.74) is 1.66. The number of aromatic amines is 1. The molecule has 0 aliphatic carbocycles. The zero-order valence-corrected chi connectivity index (χ0v) is 13.0. The van der Waals surface area contributed by atoms with Gasteiger partial charge in [-0.3, -0.25) is 4.79 Å². The monoisotopic (exact) mass is 370 g/mol. The van der Waals surface area contributed by atoms with Crippen molar-refractivity contribution in [3.05, 3.63) is 43.9 Å². The Morgan fingerprint density at radius 3 is 2.58 bits per heavy atom. The second-order valence-electron chi connectivity index (χ2n) is 4.15. The maximum absolute atomic E-state index is 11.9. The third-order valence-corrected chi connectivity index (χ3v) is 3.89. The number of benzene rings is 1. The minimum atomic E-state index is -0.0788. The number of ether oxygens (including phenoxy) is 1. The first-order valence-electron chi connectivity index (χ1n) is 6.08. The van der Waals surface area contributed by atoms with Gasteiger partial charge >= 0.3 is 0 Å². The summed E-state index contributed by atoms with van der Waals surface area (Å²) in [7, 11) is 1.62. The van der Waals surface area contributed by atoms with E-state index in [0.29, 0.717) is 9.39 Å². The first-order chi connectivity index (χ1) is 9.15. The Morgan fingerprint density at radius 1 is 1.32 bits per heavy atom. The van der Waals surface area contributed by atoms with Crippen LogP contribution in [0.3, 0.4) is 0 Å². The smallest absolute Gasteiger partial charge is 0.264 e. The molecule has 0 unspecified atom stereocenters. The zero-order chi connectivity index (χ0) is 13.8. The lowest BCUT2D eigenvalue weighted by atomic mass is 10.2. The fourth-order valence-corrected chi connectivity index (χ4v) is 2.32. The van der Waals surface area contributed by atoms with E-state index in [2.05, 4.69) is 16.9 Å². The van der Waals surface area contributed by atoms with E-state index in [9.17, 15) is 4.79 Å². The molecule has 5 heteroatoms. The summed E-state index contributed by atoms with van der Waals surface area (Å²) in [6.45, 7) is 2.08. The Balaban J connectivity index is 2.46. The van der Waals surface area contributed by atoms with Crippen molar-refractivity contribution in [1.29, 1.82) is 0 Å². The molecule has 19 heavy (non-hydrogen) atoms. The number of aromatic nitrogens is 2. The van der Waals surface area contributed by atoms with E-state index in [1.54, 1.807) is 7.11 Å². The molecule has 0 saturated heterocycles. The Bertz CT molecular complexity index is 620. The minimum Gasteiger partial charge on any atom is -0.497 e. The van der Waals surface area contributed by atoms with Gasteiger partial charge in [0.15, 0.2) is 0 Å². The lowest BCUT2D eigenvalue weighted by Gasteiger charge is -2.06. The highest BCUT2D eigenvalue weighted by molar-refractivity contribution is 14.1. The topological polar surface area (TPSA) is 55.0 Å². The van der Waals surface area contributed by atoms with Gasteiger partial charge in [-0.1, -0.05) is 13.3 Å². The first-order valence-corrected chi connectivity index (χ1v) is 7.16. The second-order valence-corrected chi connectivity index (χ2v) is 5.23. The maximum atomic E-state index is 11.9. The van der Waals surface area contributed by atoms with Gasteiger partial charge in [-0.05, 0) is 53.3 Å². The fraction of sp³-hybridized carbons (Fsp3) is 0.286. The number of hydrogen-bond donors (Lipinski definition) is 1. The van der Waals surface area contributed by atoms with Gasteiger partial charge in [0.1, 0.15) is 11.6 Å². The maximum Gasteiger partial charge on any atom is 0.264 e. The lowest BCUT2D eigenvalue weighted by molar-refractivity contribution is 0.415. The van der Waals surface area contributed by atoms with Gasteiger partial charge < -0.3 is 9.72 Å². The van der Waals surface area contributed by atoms with Gasteiger partial charge in [0.2, 0.25) is 0 Å². The number of rotatable bonds is 4. The highest BCUT2D eigenvalue weighted by atomic mass is 127. The molecule has 0 aliphatic heterocycles. The molecule has 0 radical (unpaired) electrons. The van der Waals surface area contributed by atoms with Crippen LogP contribution < -0.4 is 10.3 Å². The van der Waals surface area contributed by atoms with Crippen LogP contribution in [-0.2, 0) is 6.42 Å². The Morgan fingerprint density at radius 2 is 2.00 bits per heavy atom. The van der Waals surface area contributed by atoms with E-state index in [4.69, 9.17) is 4.74 Å². The number of nitrogens with one attached hydrogen (secondary N) is 1. The Kier molecular flexibility index (Phi) is 4.57. The van der Waals surface area contributed by atoms with Gasteiger partial charge in [0.25, 0.3) is 5.56 Å². The van der Waals surface area contributed by atoms with Crippen molar-refractivity contribution in [2.24, 2.45) is 0 Å². The number of aryl methyl sites for hydroxylation is 1. The van der Waals surface area contributed by atoms with Crippen LogP contribution in [0.1, 0.15) is 19.0 Å². The van der Waals surface area contributed by atoms with E-state index in [1.165, 1.54) is 0 Å². The van der Waals surface area contributed by atoms with Gasteiger partial charge in [0.05, 0.1) is 16.4 Å². The quantitative estimate of drug-likeness (QED) is 0.842. The number of hydrogen-bond acceptors (Lipinski definition) is 3. The van der Waals surface area contributed by atoms with Crippen LogP contribution in [0.4, 0.5) is 0 Å². The molecule has 4 nitrogen and oxygen atoms in total. The molecular formula is C14H15IN2O2. The standard InChI is InChI=1S/C14H15IN2O2/c1-3-4-11-12(15)14(18)17-13(16-11)9-5-7-10(19-2)8-6-9/h5-8H,3-4H2,1-2H3,(H,16,17,18). The molecule has 0 amide bonds. The third-order valence-electron chi connectivity index (χ3n) is 2.78. The molecule has 1 N–H and O–H groups in total. The summed E-state index contributed by atoms with van der Waals surface area (Å²) in [5, 5.41) is 0. The lowest BCUT2D eigenvalue weighted by Crippen LogP contribution is -2.16. The van der Waals surface area contributed by atoms with Gasteiger partial charge in [-0.15, -0.1) is 0 Å². The van der Waals surface area contributed by atoms with E-state index in [-0.39, 0.29) is 5.56 Å². The van der Waals surface area contributed by atoms with Crippen molar-refractivity contribution < 1.29 is 4.74 Å². The number of methoxy groups -OCH3 is 1. The molecule has 1 aromatic carbocycles. The van der Waals surface area contributed by atoms with Crippen molar-refractivity contribution >= 4 is 22.6 Å². The molecule has 0 spiro atoms. The van der Waals surface area contributed by atoms with Crippen molar-refractivity contribution in [3.63, 3.8) is 0 Å². The summed E-state index contributed by atoms with van der Waals surface area (Å²) < 4.78 is 5.79. The summed E-state index contributed by atoms with van der Waals surface area (Å²) >= 11 is 2.05. The molecule has 100 valence electrons. The van der Waals surface area contributed by atoms with Crippen LogP contribution in [0, 0.1) is 3.57 Å². The molecule has 0 atom stereocenters. The van der Waals surface area contributed by atoms with E-state index < -0.39 is 0 Å². The van der Waals surface area contributed by atoms with Gasteiger partial charge in [-0.25, -0.2) is 4.98 Å². The molecule has 0 fully saturated rings. The SMILES string of the molecule is CCCc1nc(-c2ccc(OC)cc2)[nH]c(=O)c1I. The highest BCUT2D eigenvalue weighted by Gasteiger charge is 2.09. The van der Waals surface area contributed by atoms with Crippen molar-refractivity contribution in [2.75, 3.05) is 7.11 Å². The molecule has 0 saturated carbocycles. The number of H-pyrrole nitrogens is 1. The Hall–Kier alpha value is -1.37. The average Bonchev–Trinajstić information content (AvgIpc) is 2.44. The van der Waals surface area contributed by atoms with Gasteiger partial charge in [0, 0.05) is 5.56 Å². The van der Waals surface area contributed by atoms with Gasteiger partial charge in [-0.2, -0.15) is 0 Å². The second kappa shape index (κ2) is 6.18. The van der Waals surface area contributed by atoms with E-state index in [0.717, 1.165) is 29.8 Å². The minimum absolute atomic E-state index is 0.0788. The molecule has 2 rings (SSSR count). The Labute approximate surface area is 125 Å². The van der Waals surface area contributed by atoms with Crippen LogP contribution in [0.2, 0.25) is 0 Å². The third kappa shape index (κ3) is 3.15. The van der Waals surface area contributed by atoms with Crippen LogP contribution in [0.25, 0.3) is 11.4 Å². The molecule has 2 aromatic rings. The molecule has 1 aromatic heterocycles.